The number of anilines is 1. The molecule has 1 saturated heterocycles. The molecule has 0 spiro atoms. The average molecular weight is 378 g/mol. The highest BCUT2D eigenvalue weighted by Crippen LogP contribution is 2.32. The van der Waals surface area contributed by atoms with Crippen molar-refractivity contribution in [2.24, 2.45) is 0 Å². The van der Waals surface area contributed by atoms with Crippen LogP contribution in [0.15, 0.2) is 6.07 Å². The Morgan fingerprint density at radius 1 is 1.41 bits per heavy atom. The summed E-state index contributed by atoms with van der Waals surface area (Å²) in [4.78, 5) is 18.6. The van der Waals surface area contributed by atoms with Gasteiger partial charge >= 0.3 is 6.09 Å². The number of ether oxygens (including phenoxy) is 1. The van der Waals surface area contributed by atoms with E-state index in [0.29, 0.717) is 18.1 Å². The zero-order valence-corrected chi connectivity index (χ0v) is 16.6. The lowest BCUT2D eigenvalue weighted by Gasteiger charge is -2.44. The number of nitrogens with zero attached hydrogens (tertiary/aromatic N) is 4. The van der Waals surface area contributed by atoms with Gasteiger partial charge in [0, 0.05) is 18.7 Å². The molecule has 2 aromatic rings. The lowest BCUT2D eigenvalue weighted by Crippen LogP contribution is -2.59. The van der Waals surface area contributed by atoms with Crippen LogP contribution in [0.5, 0.6) is 0 Å². The first-order chi connectivity index (χ1) is 12.5. The highest BCUT2D eigenvalue weighted by Gasteiger charge is 2.40. The van der Waals surface area contributed by atoms with Crippen LogP contribution in [0.1, 0.15) is 52.2 Å². The van der Waals surface area contributed by atoms with Gasteiger partial charge in [0.2, 0.25) is 0 Å². The normalized spacial score (nSPS) is 23.7. The van der Waals surface area contributed by atoms with Crippen molar-refractivity contribution in [1.29, 1.82) is 0 Å². The summed E-state index contributed by atoms with van der Waals surface area (Å²) < 4.78 is 21.3. The van der Waals surface area contributed by atoms with Gasteiger partial charge in [-0.3, -0.25) is 4.90 Å². The Hall–Kier alpha value is -2.42. The topological polar surface area (TPSA) is 97.8 Å². The Labute approximate surface area is 157 Å². The molecule has 148 valence electrons. The summed E-state index contributed by atoms with van der Waals surface area (Å²) in [6, 6.07) is 0.547. The lowest BCUT2D eigenvalue weighted by molar-refractivity contribution is -0.00515. The SMILES string of the molecule is Cc1nc2c(F)cc(N)c(C3NC[C@@H](C)N(C(=O)OC(C)(C)C)[C@H]3C)n2n1. The van der Waals surface area contributed by atoms with Crippen molar-refractivity contribution in [2.45, 2.75) is 65.3 Å². The molecule has 2 aromatic heterocycles. The van der Waals surface area contributed by atoms with Crippen molar-refractivity contribution in [3.8, 4) is 0 Å². The van der Waals surface area contributed by atoms with E-state index < -0.39 is 11.4 Å². The van der Waals surface area contributed by atoms with Gasteiger partial charge in [-0.15, -0.1) is 0 Å². The molecule has 1 fully saturated rings. The predicted molar refractivity (Wildman–Crippen MR) is 99.8 cm³/mol. The Bertz CT molecular complexity index is 875. The number of piperazine rings is 1. The van der Waals surface area contributed by atoms with Crippen molar-refractivity contribution in [3.63, 3.8) is 0 Å². The van der Waals surface area contributed by atoms with Crippen LogP contribution >= 0.6 is 0 Å². The minimum absolute atomic E-state index is 0.0688. The number of rotatable bonds is 1. The summed E-state index contributed by atoms with van der Waals surface area (Å²) >= 11 is 0. The molecule has 1 unspecified atom stereocenters. The first-order valence-corrected chi connectivity index (χ1v) is 9.05. The molecule has 0 bridgehead atoms. The molecule has 1 aliphatic rings. The summed E-state index contributed by atoms with van der Waals surface area (Å²) in [6.45, 7) is 11.6. The van der Waals surface area contributed by atoms with E-state index >= 15 is 0 Å². The molecule has 3 atom stereocenters. The number of nitrogens with two attached hydrogens (primary N) is 1. The first kappa shape index (κ1) is 19.3. The lowest BCUT2D eigenvalue weighted by atomic mass is 9.97. The van der Waals surface area contributed by atoms with Crippen LogP contribution in [0.3, 0.4) is 0 Å². The number of nitrogen functional groups attached to an aromatic ring is 1. The van der Waals surface area contributed by atoms with Crippen molar-refractivity contribution < 1.29 is 13.9 Å². The second-order valence-electron chi connectivity index (χ2n) is 8.09. The smallest absolute Gasteiger partial charge is 0.410 e. The number of carbonyl (C=O) groups excluding carboxylic acids is 1. The van der Waals surface area contributed by atoms with Crippen molar-refractivity contribution in [1.82, 2.24) is 24.8 Å². The highest BCUT2D eigenvalue weighted by molar-refractivity contribution is 5.69. The van der Waals surface area contributed by atoms with Crippen molar-refractivity contribution in [2.75, 3.05) is 12.3 Å². The molecule has 1 amide bonds. The number of aromatic nitrogens is 3. The van der Waals surface area contributed by atoms with Crippen LogP contribution in [0.4, 0.5) is 14.9 Å². The molecule has 0 aromatic carbocycles. The number of hydrogen-bond donors (Lipinski definition) is 2. The average Bonchev–Trinajstić information content (AvgIpc) is 2.89. The van der Waals surface area contributed by atoms with E-state index in [2.05, 4.69) is 15.4 Å². The number of carbonyl (C=O) groups is 1. The van der Waals surface area contributed by atoms with Gasteiger partial charge in [-0.25, -0.2) is 18.7 Å². The number of halogens is 1. The largest absolute Gasteiger partial charge is 0.444 e. The van der Waals surface area contributed by atoms with Gasteiger partial charge in [0.05, 0.1) is 23.5 Å². The van der Waals surface area contributed by atoms with Crippen LogP contribution < -0.4 is 11.1 Å². The molecule has 0 radical (unpaired) electrons. The molecule has 0 aliphatic carbocycles. The van der Waals surface area contributed by atoms with Crippen LogP contribution in [-0.4, -0.2) is 49.8 Å². The van der Waals surface area contributed by atoms with E-state index in [-0.39, 0.29) is 35.6 Å². The molecule has 9 heteroatoms. The number of pyridine rings is 1. The molecule has 0 saturated carbocycles. The molecule has 8 nitrogen and oxygen atoms in total. The number of fused-ring (bicyclic) bond motifs is 1. The van der Waals surface area contributed by atoms with Gasteiger partial charge in [-0.2, -0.15) is 5.10 Å². The highest BCUT2D eigenvalue weighted by atomic mass is 19.1. The molecular weight excluding hydrogens is 351 g/mol. The maximum Gasteiger partial charge on any atom is 0.410 e. The van der Waals surface area contributed by atoms with E-state index in [0.717, 1.165) is 0 Å². The quantitative estimate of drug-likeness (QED) is 0.791. The minimum atomic E-state index is -0.595. The maximum atomic E-state index is 14.2. The van der Waals surface area contributed by atoms with Gasteiger partial charge in [-0.1, -0.05) is 0 Å². The van der Waals surface area contributed by atoms with Gasteiger partial charge in [0.15, 0.2) is 11.5 Å². The molecule has 27 heavy (non-hydrogen) atoms. The summed E-state index contributed by atoms with van der Waals surface area (Å²) in [5.74, 6) is -0.0840. The molecule has 3 N–H and O–H groups in total. The Kier molecular flexibility index (Phi) is 4.75. The number of nitrogens with one attached hydrogen (secondary N) is 1. The van der Waals surface area contributed by atoms with E-state index in [9.17, 15) is 9.18 Å². The third kappa shape index (κ3) is 3.55. The van der Waals surface area contributed by atoms with E-state index in [1.807, 2.05) is 34.6 Å². The first-order valence-electron chi connectivity index (χ1n) is 9.05. The Morgan fingerprint density at radius 2 is 2.07 bits per heavy atom. The van der Waals surface area contributed by atoms with Crippen LogP contribution in [-0.2, 0) is 4.74 Å². The molecule has 3 heterocycles. The predicted octanol–water partition coefficient (Wildman–Crippen LogP) is 2.42. The fourth-order valence-electron chi connectivity index (χ4n) is 3.56. The molecular formula is C18H27FN6O2. The van der Waals surface area contributed by atoms with Gasteiger partial charge < -0.3 is 15.8 Å². The fraction of sp³-hybridized carbons (Fsp3) is 0.611. The number of hydrogen-bond acceptors (Lipinski definition) is 6. The summed E-state index contributed by atoms with van der Waals surface area (Å²) in [6.07, 6.45) is -0.388. The molecule has 3 rings (SSSR count). The Balaban J connectivity index is 2.03. The van der Waals surface area contributed by atoms with E-state index in [4.69, 9.17) is 10.5 Å². The van der Waals surface area contributed by atoms with Crippen LogP contribution in [0.25, 0.3) is 5.65 Å². The molecule has 1 aliphatic heterocycles. The maximum absolute atomic E-state index is 14.2. The Morgan fingerprint density at radius 3 is 2.70 bits per heavy atom. The van der Waals surface area contributed by atoms with E-state index in [1.54, 1.807) is 11.8 Å². The van der Waals surface area contributed by atoms with Crippen LogP contribution in [0, 0.1) is 12.7 Å². The number of amides is 1. The van der Waals surface area contributed by atoms with Crippen molar-refractivity contribution >= 4 is 17.4 Å². The standard InChI is InChI=1S/C18H27FN6O2/c1-9-8-21-14(10(2)24(9)17(26)27-18(4,5)6)15-13(20)7-12(19)16-22-11(3)23-25(15)16/h7,9-10,14,21H,8,20H2,1-6H3/t9-,10+,14?/m1/s1. The monoisotopic (exact) mass is 378 g/mol. The third-order valence-electron chi connectivity index (χ3n) is 4.66. The van der Waals surface area contributed by atoms with E-state index in [1.165, 1.54) is 10.6 Å². The van der Waals surface area contributed by atoms with Gasteiger partial charge in [0.25, 0.3) is 0 Å². The summed E-state index contributed by atoms with van der Waals surface area (Å²) in [5.41, 5.74) is 6.51. The summed E-state index contributed by atoms with van der Waals surface area (Å²) in [5, 5.41) is 7.71. The minimum Gasteiger partial charge on any atom is -0.444 e. The van der Waals surface area contributed by atoms with Crippen molar-refractivity contribution in [3.05, 3.63) is 23.4 Å². The zero-order chi connectivity index (χ0) is 20.1. The zero-order valence-electron chi connectivity index (χ0n) is 16.6. The van der Waals surface area contributed by atoms with Crippen LogP contribution in [0.2, 0.25) is 0 Å². The second kappa shape index (κ2) is 6.63. The van der Waals surface area contributed by atoms with Gasteiger partial charge in [0.1, 0.15) is 11.4 Å². The third-order valence-corrected chi connectivity index (χ3v) is 4.66. The van der Waals surface area contributed by atoms with Gasteiger partial charge in [-0.05, 0) is 41.5 Å². The summed E-state index contributed by atoms with van der Waals surface area (Å²) in [7, 11) is 0. The second-order valence-corrected chi connectivity index (χ2v) is 8.09. The fourth-order valence-corrected chi connectivity index (χ4v) is 3.56. The number of aryl methyl sites for hydroxylation is 1.